The third-order valence-corrected chi connectivity index (χ3v) is 3.50. The van der Waals surface area contributed by atoms with Gasteiger partial charge in [0, 0.05) is 38.8 Å². The van der Waals surface area contributed by atoms with E-state index in [1.54, 1.807) is 16.7 Å². The third-order valence-electron chi connectivity index (χ3n) is 3.50. The van der Waals surface area contributed by atoms with Gasteiger partial charge < -0.3 is 15.1 Å². The van der Waals surface area contributed by atoms with Crippen molar-refractivity contribution in [2.45, 2.75) is 20.3 Å². The molecule has 0 aliphatic carbocycles. The first kappa shape index (κ1) is 14.4. The molecule has 1 aliphatic rings. The van der Waals surface area contributed by atoms with Crippen molar-refractivity contribution >= 4 is 17.6 Å². The number of aryl methyl sites for hydroxylation is 1. The molecule has 1 aliphatic heterocycles. The van der Waals surface area contributed by atoms with Gasteiger partial charge in [0.05, 0.1) is 0 Å². The number of benzene rings is 1. The second-order valence-corrected chi connectivity index (χ2v) is 5.15. The van der Waals surface area contributed by atoms with E-state index in [4.69, 9.17) is 0 Å². The summed E-state index contributed by atoms with van der Waals surface area (Å²) in [5.74, 6) is 0.0749. The molecular formula is C15H21N3O2. The van der Waals surface area contributed by atoms with Gasteiger partial charge in [-0.05, 0) is 31.0 Å². The first-order valence-electron chi connectivity index (χ1n) is 6.94. The summed E-state index contributed by atoms with van der Waals surface area (Å²) in [7, 11) is 0. The minimum atomic E-state index is -0.0963. The van der Waals surface area contributed by atoms with Gasteiger partial charge in [0.2, 0.25) is 5.91 Å². The molecule has 1 N–H and O–H groups in total. The standard InChI is InChI=1S/C15H21N3O2/c1-12-5-3-6-14(11-12)16-15(20)18-8-4-7-17(9-10-18)13(2)19/h3,5-6,11H,4,7-10H2,1-2H3,(H,16,20). The normalized spacial score (nSPS) is 15.7. The predicted octanol–water partition coefficient (Wildman–Crippen LogP) is 2.08. The van der Waals surface area contributed by atoms with Crippen molar-refractivity contribution in [3.8, 4) is 0 Å². The highest BCUT2D eigenvalue weighted by Gasteiger charge is 2.20. The number of hydrogen-bond acceptors (Lipinski definition) is 2. The van der Waals surface area contributed by atoms with Crippen LogP contribution in [0.25, 0.3) is 0 Å². The number of rotatable bonds is 1. The van der Waals surface area contributed by atoms with Crippen molar-refractivity contribution in [2.75, 3.05) is 31.5 Å². The topological polar surface area (TPSA) is 52.7 Å². The molecule has 0 saturated carbocycles. The van der Waals surface area contributed by atoms with Gasteiger partial charge in [0.1, 0.15) is 0 Å². The predicted molar refractivity (Wildman–Crippen MR) is 78.6 cm³/mol. The summed E-state index contributed by atoms with van der Waals surface area (Å²) < 4.78 is 0. The van der Waals surface area contributed by atoms with Crippen LogP contribution in [0.2, 0.25) is 0 Å². The minimum absolute atomic E-state index is 0.0749. The van der Waals surface area contributed by atoms with Gasteiger partial charge in [-0.1, -0.05) is 12.1 Å². The summed E-state index contributed by atoms with van der Waals surface area (Å²) in [5.41, 5.74) is 1.92. The Labute approximate surface area is 119 Å². The largest absolute Gasteiger partial charge is 0.341 e. The molecule has 0 aromatic heterocycles. The molecule has 0 radical (unpaired) electrons. The van der Waals surface area contributed by atoms with Crippen LogP contribution in [0.5, 0.6) is 0 Å². The lowest BCUT2D eigenvalue weighted by molar-refractivity contribution is -0.128. The van der Waals surface area contributed by atoms with E-state index in [9.17, 15) is 9.59 Å². The van der Waals surface area contributed by atoms with Crippen LogP contribution in [0.15, 0.2) is 24.3 Å². The fraction of sp³-hybridized carbons (Fsp3) is 0.467. The van der Waals surface area contributed by atoms with Crippen molar-refractivity contribution in [2.24, 2.45) is 0 Å². The Hall–Kier alpha value is -2.04. The van der Waals surface area contributed by atoms with E-state index in [0.717, 1.165) is 24.2 Å². The number of urea groups is 1. The molecule has 3 amide bonds. The number of nitrogens with zero attached hydrogens (tertiary/aromatic N) is 2. The Balaban J connectivity index is 1.94. The molecule has 20 heavy (non-hydrogen) atoms. The number of anilines is 1. The molecule has 5 heteroatoms. The van der Waals surface area contributed by atoms with Crippen LogP contribution >= 0.6 is 0 Å². The van der Waals surface area contributed by atoms with Gasteiger partial charge >= 0.3 is 6.03 Å². The average molecular weight is 275 g/mol. The molecule has 5 nitrogen and oxygen atoms in total. The number of carbonyl (C=O) groups excluding carboxylic acids is 2. The van der Waals surface area contributed by atoms with Gasteiger partial charge in [0.25, 0.3) is 0 Å². The smallest absolute Gasteiger partial charge is 0.321 e. The van der Waals surface area contributed by atoms with Crippen molar-refractivity contribution in [1.29, 1.82) is 0 Å². The van der Waals surface area contributed by atoms with E-state index in [1.165, 1.54) is 0 Å². The summed E-state index contributed by atoms with van der Waals surface area (Å²) in [6.07, 6.45) is 0.820. The van der Waals surface area contributed by atoms with Gasteiger partial charge in [-0.2, -0.15) is 0 Å². The molecule has 1 fully saturated rings. The second-order valence-electron chi connectivity index (χ2n) is 5.15. The Morgan fingerprint density at radius 3 is 2.50 bits per heavy atom. The monoisotopic (exact) mass is 275 g/mol. The van der Waals surface area contributed by atoms with Crippen LogP contribution in [-0.4, -0.2) is 47.9 Å². The molecule has 1 heterocycles. The Bertz CT molecular complexity index is 502. The molecule has 0 bridgehead atoms. The van der Waals surface area contributed by atoms with Crippen LogP contribution < -0.4 is 5.32 Å². The van der Waals surface area contributed by atoms with Crippen LogP contribution in [0, 0.1) is 6.92 Å². The van der Waals surface area contributed by atoms with E-state index < -0.39 is 0 Å². The van der Waals surface area contributed by atoms with E-state index in [-0.39, 0.29) is 11.9 Å². The van der Waals surface area contributed by atoms with Crippen LogP contribution in [0.1, 0.15) is 18.9 Å². The summed E-state index contributed by atoms with van der Waals surface area (Å²) >= 11 is 0. The Morgan fingerprint density at radius 2 is 1.80 bits per heavy atom. The zero-order chi connectivity index (χ0) is 14.5. The van der Waals surface area contributed by atoms with Crippen LogP contribution in [-0.2, 0) is 4.79 Å². The van der Waals surface area contributed by atoms with Crippen LogP contribution in [0.3, 0.4) is 0 Å². The van der Waals surface area contributed by atoms with Gasteiger partial charge in [-0.15, -0.1) is 0 Å². The summed E-state index contributed by atoms with van der Waals surface area (Å²) in [6.45, 7) is 6.16. The van der Waals surface area contributed by atoms with Crippen molar-refractivity contribution in [3.63, 3.8) is 0 Å². The highest BCUT2D eigenvalue weighted by molar-refractivity contribution is 5.89. The highest BCUT2D eigenvalue weighted by atomic mass is 16.2. The molecule has 1 saturated heterocycles. The van der Waals surface area contributed by atoms with Crippen molar-refractivity contribution < 1.29 is 9.59 Å². The summed E-state index contributed by atoms with van der Waals surface area (Å²) in [6, 6.07) is 7.64. The Kier molecular flexibility index (Phi) is 4.61. The Morgan fingerprint density at radius 1 is 1.10 bits per heavy atom. The highest BCUT2D eigenvalue weighted by Crippen LogP contribution is 2.11. The SMILES string of the molecule is CC(=O)N1CCCN(C(=O)Nc2cccc(C)c2)CC1. The van der Waals surface area contributed by atoms with Crippen LogP contribution in [0.4, 0.5) is 10.5 Å². The average Bonchev–Trinajstić information content (AvgIpc) is 2.64. The van der Waals surface area contributed by atoms with E-state index in [0.29, 0.717) is 19.6 Å². The van der Waals surface area contributed by atoms with Gasteiger partial charge in [0.15, 0.2) is 0 Å². The zero-order valence-corrected chi connectivity index (χ0v) is 12.1. The fourth-order valence-electron chi connectivity index (χ4n) is 2.36. The number of hydrogen-bond donors (Lipinski definition) is 1. The lowest BCUT2D eigenvalue weighted by Gasteiger charge is -2.21. The minimum Gasteiger partial charge on any atom is -0.341 e. The van der Waals surface area contributed by atoms with Crippen molar-refractivity contribution in [3.05, 3.63) is 29.8 Å². The maximum atomic E-state index is 12.2. The third kappa shape index (κ3) is 3.73. The van der Waals surface area contributed by atoms with E-state index in [1.807, 2.05) is 31.2 Å². The summed E-state index contributed by atoms with van der Waals surface area (Å²) in [5, 5.41) is 2.91. The van der Waals surface area contributed by atoms with Gasteiger partial charge in [-0.25, -0.2) is 4.79 Å². The molecular weight excluding hydrogens is 254 g/mol. The first-order chi connectivity index (χ1) is 9.56. The number of carbonyl (C=O) groups is 2. The molecule has 2 rings (SSSR count). The maximum Gasteiger partial charge on any atom is 0.321 e. The molecule has 0 spiro atoms. The molecule has 0 atom stereocenters. The molecule has 0 unspecified atom stereocenters. The molecule has 108 valence electrons. The quantitative estimate of drug-likeness (QED) is 0.853. The lowest BCUT2D eigenvalue weighted by Crippen LogP contribution is -2.38. The molecule has 1 aromatic rings. The molecule has 1 aromatic carbocycles. The summed E-state index contributed by atoms with van der Waals surface area (Å²) in [4.78, 5) is 27.1. The zero-order valence-electron chi connectivity index (χ0n) is 12.1. The number of amides is 3. The lowest BCUT2D eigenvalue weighted by atomic mass is 10.2. The van der Waals surface area contributed by atoms with E-state index in [2.05, 4.69) is 5.32 Å². The first-order valence-corrected chi connectivity index (χ1v) is 6.94. The van der Waals surface area contributed by atoms with Gasteiger partial charge in [-0.3, -0.25) is 4.79 Å². The maximum absolute atomic E-state index is 12.2. The number of nitrogens with one attached hydrogen (secondary N) is 1. The fourth-order valence-corrected chi connectivity index (χ4v) is 2.36. The second kappa shape index (κ2) is 6.41. The van der Waals surface area contributed by atoms with E-state index >= 15 is 0 Å². The van der Waals surface area contributed by atoms with Crippen molar-refractivity contribution in [1.82, 2.24) is 9.80 Å².